The van der Waals surface area contributed by atoms with Crippen molar-refractivity contribution in [2.24, 2.45) is 13.0 Å². The minimum atomic E-state index is -0.117. The van der Waals surface area contributed by atoms with E-state index in [4.69, 9.17) is 24.7 Å². The summed E-state index contributed by atoms with van der Waals surface area (Å²) in [4.78, 5) is 37.1. The maximum Gasteiger partial charge on any atom is 0.289 e. The molecule has 0 atom stereocenters. The highest BCUT2D eigenvalue weighted by Gasteiger charge is 2.29. The number of benzene rings is 1. The van der Waals surface area contributed by atoms with Crippen LogP contribution in [0.3, 0.4) is 0 Å². The van der Waals surface area contributed by atoms with Gasteiger partial charge in [-0.15, -0.1) is 0 Å². The highest BCUT2D eigenvalue weighted by Crippen LogP contribution is 2.29. The molecule has 37 heavy (non-hydrogen) atoms. The number of piperidine rings is 1. The Hall–Kier alpha value is -3.57. The Morgan fingerprint density at radius 2 is 1.81 bits per heavy atom. The molecular formula is C26H32N8O3. The molecule has 11 nitrogen and oxygen atoms in total. The predicted molar refractivity (Wildman–Crippen MR) is 139 cm³/mol. The zero-order valence-electron chi connectivity index (χ0n) is 21.3. The summed E-state index contributed by atoms with van der Waals surface area (Å²) in [6, 6.07) is 7.98. The number of ether oxygens (including phenoxy) is 1. The van der Waals surface area contributed by atoms with Crippen LogP contribution in [-0.2, 0) is 18.2 Å². The third-order valence-electron chi connectivity index (χ3n) is 7.50. The van der Waals surface area contributed by atoms with Gasteiger partial charge in [-0.05, 0) is 30.9 Å². The zero-order valence-corrected chi connectivity index (χ0v) is 21.3. The predicted octanol–water partition coefficient (Wildman–Crippen LogP) is 1.95. The first kappa shape index (κ1) is 23.8. The van der Waals surface area contributed by atoms with Gasteiger partial charge in [0.15, 0.2) is 17.0 Å². The number of fused-ring (bicyclic) bond motifs is 2. The average Bonchev–Trinajstić information content (AvgIpc) is 3.50. The molecule has 4 aromatic rings. The van der Waals surface area contributed by atoms with Crippen LogP contribution in [0.2, 0.25) is 0 Å². The van der Waals surface area contributed by atoms with Crippen molar-refractivity contribution in [1.29, 1.82) is 0 Å². The van der Waals surface area contributed by atoms with Crippen molar-refractivity contribution in [3.63, 3.8) is 0 Å². The summed E-state index contributed by atoms with van der Waals surface area (Å²) in [5.74, 6) is 2.59. The number of likely N-dealkylation sites (tertiary alicyclic amines) is 1. The van der Waals surface area contributed by atoms with Gasteiger partial charge in [-0.3, -0.25) is 9.36 Å². The molecule has 3 aromatic heterocycles. The number of amides is 1. The molecule has 0 unspecified atom stereocenters. The molecule has 0 bridgehead atoms. The van der Waals surface area contributed by atoms with E-state index in [2.05, 4.69) is 11.8 Å². The minimum absolute atomic E-state index is 0.117. The molecule has 0 aliphatic carbocycles. The lowest BCUT2D eigenvalue weighted by Gasteiger charge is -2.30. The van der Waals surface area contributed by atoms with Gasteiger partial charge in [0, 0.05) is 46.3 Å². The van der Waals surface area contributed by atoms with Gasteiger partial charge in [-0.25, -0.2) is 9.97 Å². The maximum atomic E-state index is 13.5. The smallest absolute Gasteiger partial charge is 0.289 e. The zero-order chi connectivity index (χ0) is 25.5. The number of aliphatic hydroxyl groups excluding tert-OH is 1. The van der Waals surface area contributed by atoms with Crippen LogP contribution in [0, 0.1) is 5.92 Å². The number of carbonyl (C=O) groups is 1. The Morgan fingerprint density at radius 1 is 1.05 bits per heavy atom. The normalized spacial score (nSPS) is 17.3. The highest BCUT2D eigenvalue weighted by molar-refractivity contribution is 5.96. The molecule has 2 fully saturated rings. The summed E-state index contributed by atoms with van der Waals surface area (Å²) < 4.78 is 9.38. The lowest BCUT2D eigenvalue weighted by Crippen LogP contribution is -2.40. The summed E-state index contributed by atoms with van der Waals surface area (Å²) in [6.45, 7) is 6.04. The first-order valence-corrected chi connectivity index (χ1v) is 13.0. The maximum absolute atomic E-state index is 13.5. The molecule has 2 aliphatic heterocycles. The van der Waals surface area contributed by atoms with Crippen LogP contribution in [0.4, 0.5) is 5.82 Å². The number of aryl methyl sites for hydroxylation is 2. The van der Waals surface area contributed by atoms with Crippen LogP contribution in [0.25, 0.3) is 28.1 Å². The van der Waals surface area contributed by atoms with Crippen molar-refractivity contribution >= 4 is 33.9 Å². The number of morpholine rings is 1. The molecule has 2 saturated heterocycles. The van der Waals surface area contributed by atoms with Crippen molar-refractivity contribution in [3.05, 3.63) is 35.9 Å². The molecule has 0 saturated carbocycles. The number of nitrogens with zero attached hydrogens (tertiary/aromatic N) is 8. The van der Waals surface area contributed by atoms with Gasteiger partial charge in [-0.1, -0.05) is 19.1 Å². The van der Waals surface area contributed by atoms with Crippen LogP contribution in [0.5, 0.6) is 0 Å². The van der Waals surface area contributed by atoms with E-state index in [1.54, 1.807) is 4.57 Å². The van der Waals surface area contributed by atoms with Crippen LogP contribution < -0.4 is 4.90 Å². The summed E-state index contributed by atoms with van der Waals surface area (Å²) >= 11 is 0. The van der Waals surface area contributed by atoms with Gasteiger partial charge in [0.2, 0.25) is 11.8 Å². The van der Waals surface area contributed by atoms with E-state index in [0.29, 0.717) is 68.1 Å². The summed E-state index contributed by atoms with van der Waals surface area (Å²) in [5.41, 5.74) is 3.06. The van der Waals surface area contributed by atoms with Gasteiger partial charge in [-0.2, -0.15) is 9.97 Å². The van der Waals surface area contributed by atoms with Crippen LogP contribution in [0.15, 0.2) is 24.3 Å². The monoisotopic (exact) mass is 504 g/mol. The molecular weight excluding hydrogens is 472 g/mol. The molecule has 0 spiro atoms. The first-order valence-electron chi connectivity index (χ1n) is 13.0. The number of rotatable bonds is 5. The van der Waals surface area contributed by atoms with E-state index in [-0.39, 0.29) is 18.4 Å². The molecule has 5 heterocycles. The van der Waals surface area contributed by atoms with Crippen molar-refractivity contribution in [1.82, 2.24) is 34.0 Å². The Bertz CT molecular complexity index is 1450. The fourth-order valence-electron chi connectivity index (χ4n) is 5.32. The number of hydrogen-bond acceptors (Lipinski definition) is 8. The Balaban J connectivity index is 1.50. The molecule has 1 N–H and O–H groups in total. The van der Waals surface area contributed by atoms with Crippen molar-refractivity contribution in [2.45, 2.75) is 26.2 Å². The topological polar surface area (TPSA) is 114 Å². The molecule has 2 aliphatic rings. The quantitative estimate of drug-likeness (QED) is 0.439. The van der Waals surface area contributed by atoms with Crippen molar-refractivity contribution < 1.29 is 14.6 Å². The molecule has 194 valence electrons. The van der Waals surface area contributed by atoms with Gasteiger partial charge >= 0.3 is 0 Å². The fraction of sp³-hybridized carbons (Fsp3) is 0.500. The van der Waals surface area contributed by atoms with Crippen LogP contribution in [0.1, 0.15) is 36.2 Å². The Labute approximate surface area is 214 Å². The molecule has 1 amide bonds. The largest absolute Gasteiger partial charge is 0.396 e. The molecule has 0 radical (unpaired) electrons. The van der Waals surface area contributed by atoms with E-state index in [1.807, 2.05) is 40.8 Å². The summed E-state index contributed by atoms with van der Waals surface area (Å²) in [5, 5.41) is 9.48. The van der Waals surface area contributed by atoms with Gasteiger partial charge in [0.25, 0.3) is 5.91 Å². The summed E-state index contributed by atoms with van der Waals surface area (Å²) in [7, 11) is 1.84. The standard InChI is InChI=1S/C26H32N8O3/c1-3-20-27-18-6-4-5-7-19(18)34(20)26-29-22-21(23(30-26)32-12-14-37-15-13-32)28-24(31(22)2)25(36)33-10-8-17(16-35)9-11-33/h4-7,17,35H,3,8-16H2,1-2H3. The Morgan fingerprint density at radius 3 is 2.54 bits per heavy atom. The van der Waals surface area contributed by atoms with Crippen molar-refractivity contribution in [3.8, 4) is 5.95 Å². The van der Waals surface area contributed by atoms with E-state index < -0.39 is 0 Å². The number of imidazole rings is 2. The SMILES string of the molecule is CCc1nc2ccccc2n1-c1nc(N2CCOCC2)c2nc(C(=O)N3CCC(CO)CC3)n(C)c2n1. The average molecular weight is 505 g/mol. The lowest BCUT2D eigenvalue weighted by atomic mass is 9.98. The second-order valence-corrected chi connectivity index (χ2v) is 9.74. The Kier molecular flexibility index (Phi) is 6.25. The van der Waals surface area contributed by atoms with Crippen molar-refractivity contribution in [2.75, 3.05) is 50.9 Å². The van der Waals surface area contributed by atoms with Crippen LogP contribution in [-0.4, -0.2) is 91.0 Å². The third kappa shape index (κ3) is 4.11. The number of aromatic nitrogens is 6. The van der Waals surface area contributed by atoms with Crippen LogP contribution >= 0.6 is 0 Å². The minimum Gasteiger partial charge on any atom is -0.396 e. The highest BCUT2D eigenvalue weighted by atomic mass is 16.5. The second-order valence-electron chi connectivity index (χ2n) is 9.74. The molecule has 6 rings (SSSR count). The number of hydrogen-bond donors (Lipinski definition) is 1. The summed E-state index contributed by atoms with van der Waals surface area (Å²) in [6.07, 6.45) is 2.31. The molecule has 11 heteroatoms. The number of aliphatic hydroxyl groups is 1. The number of carbonyl (C=O) groups excluding carboxylic acids is 1. The van der Waals surface area contributed by atoms with E-state index in [9.17, 15) is 9.90 Å². The fourth-order valence-corrected chi connectivity index (χ4v) is 5.32. The van der Waals surface area contributed by atoms with Gasteiger partial charge in [0.05, 0.1) is 24.2 Å². The third-order valence-corrected chi connectivity index (χ3v) is 7.50. The van der Waals surface area contributed by atoms with E-state index in [1.165, 1.54) is 0 Å². The van der Waals surface area contributed by atoms with Gasteiger partial charge in [0.1, 0.15) is 5.82 Å². The second kappa shape index (κ2) is 9.71. The number of anilines is 1. The van der Waals surface area contributed by atoms with E-state index in [0.717, 1.165) is 36.1 Å². The molecule has 1 aromatic carbocycles. The first-order chi connectivity index (χ1) is 18.1. The number of para-hydroxylation sites is 2. The van der Waals surface area contributed by atoms with Gasteiger partial charge < -0.3 is 24.2 Å². The van der Waals surface area contributed by atoms with E-state index >= 15 is 0 Å². The lowest BCUT2D eigenvalue weighted by molar-refractivity contribution is 0.0636.